The Hall–Kier alpha value is -0.400. The van der Waals surface area contributed by atoms with E-state index < -0.39 is 0 Å². The van der Waals surface area contributed by atoms with Gasteiger partial charge >= 0.3 is 0 Å². The van der Waals surface area contributed by atoms with Crippen molar-refractivity contribution < 1.29 is 0 Å². The molecule has 1 aromatic rings. The number of hydrogen-bond donors (Lipinski definition) is 1. The highest BCUT2D eigenvalue weighted by Crippen LogP contribution is 2.27. The molecule has 3 heteroatoms. The smallest absolute Gasteiger partial charge is 0.0612 e. The number of hydrogen-bond acceptors (Lipinski definition) is 1. The average molecular weight is 244 g/mol. The van der Waals surface area contributed by atoms with Gasteiger partial charge in [0.15, 0.2) is 0 Å². The zero-order chi connectivity index (χ0) is 10.7. The lowest BCUT2D eigenvalue weighted by molar-refractivity contribution is 0.580. The summed E-state index contributed by atoms with van der Waals surface area (Å²) >= 11 is 11.8. The van der Waals surface area contributed by atoms with Crippen molar-refractivity contribution in [1.29, 1.82) is 0 Å². The highest BCUT2D eigenvalue weighted by molar-refractivity contribution is 6.42. The normalized spacial score (nSPS) is 16.9. The Kier molecular flexibility index (Phi) is 3.76. The topological polar surface area (TPSA) is 12.0 Å². The summed E-state index contributed by atoms with van der Waals surface area (Å²) in [7, 11) is 0. The van der Waals surface area contributed by atoms with Crippen LogP contribution < -0.4 is 5.32 Å². The minimum absolute atomic E-state index is 0.614. The van der Waals surface area contributed by atoms with Gasteiger partial charge in [-0.25, -0.2) is 0 Å². The van der Waals surface area contributed by atoms with E-state index in [1.807, 2.05) is 18.2 Å². The first-order valence-electron chi connectivity index (χ1n) is 5.44. The van der Waals surface area contributed by atoms with Gasteiger partial charge in [-0.2, -0.15) is 0 Å². The summed E-state index contributed by atoms with van der Waals surface area (Å²) in [5.41, 5.74) is 1.07. The molecule has 2 rings (SSSR count). The molecule has 1 fully saturated rings. The van der Waals surface area contributed by atoms with Gasteiger partial charge in [-0.05, 0) is 37.0 Å². The van der Waals surface area contributed by atoms with Crippen LogP contribution in [-0.2, 0) is 0 Å². The van der Waals surface area contributed by atoms with Gasteiger partial charge < -0.3 is 5.32 Å². The fourth-order valence-corrected chi connectivity index (χ4v) is 2.38. The molecule has 1 N–H and O–H groups in total. The average Bonchev–Trinajstić information content (AvgIpc) is 2.73. The second kappa shape index (κ2) is 5.09. The van der Waals surface area contributed by atoms with Gasteiger partial charge in [-0.1, -0.05) is 36.0 Å². The largest absolute Gasteiger partial charge is 0.385 e. The second-order valence-electron chi connectivity index (χ2n) is 4.16. The summed E-state index contributed by atoms with van der Waals surface area (Å²) in [6.45, 7) is 1.05. The molecular formula is C12H15Cl2N. The van der Waals surface area contributed by atoms with Gasteiger partial charge in [-0.3, -0.25) is 0 Å². The van der Waals surface area contributed by atoms with Crippen LogP contribution in [0.25, 0.3) is 0 Å². The van der Waals surface area contributed by atoms with Crippen LogP contribution in [0.1, 0.15) is 25.7 Å². The Morgan fingerprint density at radius 1 is 1.13 bits per heavy atom. The standard InChI is InChI=1S/C12H15Cl2N/c13-11-6-5-10(7-12(11)14)15-8-9-3-1-2-4-9/h5-7,9,15H,1-4,8H2. The number of benzene rings is 1. The van der Waals surface area contributed by atoms with Gasteiger partial charge in [0, 0.05) is 12.2 Å². The molecule has 0 amide bonds. The summed E-state index contributed by atoms with van der Waals surface area (Å²) in [5.74, 6) is 0.833. The highest BCUT2D eigenvalue weighted by atomic mass is 35.5. The zero-order valence-electron chi connectivity index (χ0n) is 8.60. The lowest BCUT2D eigenvalue weighted by atomic mass is 10.1. The summed E-state index contributed by atoms with van der Waals surface area (Å²) in [6.07, 6.45) is 5.48. The van der Waals surface area contributed by atoms with Crippen molar-refractivity contribution in [3.8, 4) is 0 Å². The van der Waals surface area contributed by atoms with Crippen molar-refractivity contribution in [3.63, 3.8) is 0 Å². The first kappa shape index (κ1) is 11.1. The number of halogens is 2. The monoisotopic (exact) mass is 243 g/mol. The summed E-state index contributed by atoms with van der Waals surface area (Å²) in [6, 6.07) is 5.70. The Morgan fingerprint density at radius 3 is 2.53 bits per heavy atom. The van der Waals surface area contributed by atoms with E-state index in [2.05, 4.69) is 5.32 Å². The number of anilines is 1. The van der Waals surface area contributed by atoms with Crippen LogP contribution in [0.5, 0.6) is 0 Å². The number of rotatable bonds is 3. The van der Waals surface area contributed by atoms with Gasteiger partial charge in [-0.15, -0.1) is 0 Å². The van der Waals surface area contributed by atoms with Gasteiger partial charge in [0.1, 0.15) is 0 Å². The molecule has 0 spiro atoms. The first-order chi connectivity index (χ1) is 7.25. The van der Waals surface area contributed by atoms with Crippen molar-refractivity contribution in [2.24, 2.45) is 5.92 Å². The van der Waals surface area contributed by atoms with Crippen molar-refractivity contribution in [1.82, 2.24) is 0 Å². The molecule has 0 unspecified atom stereocenters. The fourth-order valence-electron chi connectivity index (χ4n) is 2.08. The molecule has 0 aromatic heterocycles. The Bertz CT molecular complexity index is 332. The molecule has 1 nitrogen and oxygen atoms in total. The lowest BCUT2D eigenvalue weighted by Gasteiger charge is -2.12. The van der Waals surface area contributed by atoms with Crippen molar-refractivity contribution in [2.75, 3.05) is 11.9 Å². The van der Waals surface area contributed by atoms with Gasteiger partial charge in [0.25, 0.3) is 0 Å². The maximum absolute atomic E-state index is 5.94. The van der Waals surface area contributed by atoms with E-state index in [1.54, 1.807) is 0 Å². The van der Waals surface area contributed by atoms with Crippen molar-refractivity contribution >= 4 is 28.9 Å². The Balaban J connectivity index is 1.90. The van der Waals surface area contributed by atoms with Crippen LogP contribution in [0, 0.1) is 5.92 Å². The minimum Gasteiger partial charge on any atom is -0.385 e. The Labute approximate surface area is 101 Å². The summed E-state index contributed by atoms with van der Waals surface area (Å²) in [4.78, 5) is 0. The third-order valence-corrected chi connectivity index (χ3v) is 3.73. The predicted octanol–water partition coefficient (Wildman–Crippen LogP) is 4.60. The van der Waals surface area contributed by atoms with E-state index in [0.717, 1.165) is 18.2 Å². The summed E-state index contributed by atoms with van der Waals surface area (Å²) < 4.78 is 0. The quantitative estimate of drug-likeness (QED) is 0.819. The van der Waals surface area contributed by atoms with Gasteiger partial charge in [0.2, 0.25) is 0 Å². The Morgan fingerprint density at radius 2 is 1.87 bits per heavy atom. The van der Waals surface area contributed by atoms with Crippen LogP contribution in [-0.4, -0.2) is 6.54 Å². The van der Waals surface area contributed by atoms with E-state index in [0.29, 0.717) is 10.0 Å². The minimum atomic E-state index is 0.614. The number of nitrogens with one attached hydrogen (secondary N) is 1. The van der Waals surface area contributed by atoms with Crippen molar-refractivity contribution in [2.45, 2.75) is 25.7 Å². The molecule has 0 bridgehead atoms. The zero-order valence-corrected chi connectivity index (χ0v) is 10.1. The van der Waals surface area contributed by atoms with E-state index in [4.69, 9.17) is 23.2 Å². The fraction of sp³-hybridized carbons (Fsp3) is 0.500. The van der Waals surface area contributed by atoms with Crippen molar-refractivity contribution in [3.05, 3.63) is 28.2 Å². The molecule has 0 radical (unpaired) electrons. The molecule has 82 valence electrons. The van der Waals surface area contributed by atoms with Crippen LogP contribution >= 0.6 is 23.2 Å². The molecule has 1 aliphatic rings. The molecule has 1 aromatic carbocycles. The molecule has 0 heterocycles. The molecule has 1 saturated carbocycles. The predicted molar refractivity (Wildman–Crippen MR) is 66.9 cm³/mol. The van der Waals surface area contributed by atoms with E-state index in [9.17, 15) is 0 Å². The highest BCUT2D eigenvalue weighted by Gasteiger charge is 2.14. The van der Waals surface area contributed by atoms with E-state index in [1.165, 1.54) is 25.7 Å². The molecule has 0 saturated heterocycles. The first-order valence-corrected chi connectivity index (χ1v) is 6.20. The van der Waals surface area contributed by atoms with E-state index >= 15 is 0 Å². The molecule has 0 aliphatic heterocycles. The lowest BCUT2D eigenvalue weighted by Crippen LogP contribution is -2.10. The molecule has 15 heavy (non-hydrogen) atoms. The van der Waals surface area contributed by atoms with Crippen LogP contribution in [0.3, 0.4) is 0 Å². The van der Waals surface area contributed by atoms with Gasteiger partial charge in [0.05, 0.1) is 10.0 Å². The van der Waals surface area contributed by atoms with Crippen LogP contribution in [0.4, 0.5) is 5.69 Å². The third kappa shape index (κ3) is 3.02. The van der Waals surface area contributed by atoms with Crippen LogP contribution in [0.2, 0.25) is 10.0 Å². The van der Waals surface area contributed by atoms with E-state index in [-0.39, 0.29) is 0 Å². The molecule has 1 aliphatic carbocycles. The summed E-state index contributed by atoms with van der Waals surface area (Å²) in [5, 5.41) is 4.64. The van der Waals surface area contributed by atoms with Crippen LogP contribution in [0.15, 0.2) is 18.2 Å². The second-order valence-corrected chi connectivity index (χ2v) is 4.97. The third-order valence-electron chi connectivity index (χ3n) is 2.99. The molecular weight excluding hydrogens is 229 g/mol. The molecule has 0 atom stereocenters. The SMILES string of the molecule is Clc1ccc(NCC2CCCC2)cc1Cl. The maximum Gasteiger partial charge on any atom is 0.0612 e. The maximum atomic E-state index is 5.94.